The Morgan fingerprint density at radius 2 is 1.81 bits per heavy atom. The maximum absolute atomic E-state index is 13.2. The Balaban J connectivity index is 1.92. The maximum atomic E-state index is 13.2. The number of pyridine rings is 1. The van der Waals surface area contributed by atoms with Crippen molar-refractivity contribution in [1.82, 2.24) is 9.88 Å². The molecule has 0 spiro atoms. The summed E-state index contributed by atoms with van der Waals surface area (Å²) in [7, 11) is 1.43. The van der Waals surface area contributed by atoms with Crippen LogP contribution in [0.4, 0.5) is 0 Å². The Bertz CT molecular complexity index is 1210. The van der Waals surface area contributed by atoms with E-state index in [0.29, 0.717) is 10.6 Å². The smallest absolute Gasteiger partial charge is 0.295 e. The Hall–Kier alpha value is -3.64. The van der Waals surface area contributed by atoms with Crippen LogP contribution < -0.4 is 4.74 Å². The number of benzene rings is 2. The highest BCUT2D eigenvalue weighted by Gasteiger charge is 2.46. The number of aryl methyl sites for hydroxylation is 1. The first-order valence-electron chi connectivity index (χ1n) is 9.99. The normalized spacial score (nSPS) is 17.6. The van der Waals surface area contributed by atoms with E-state index in [1.165, 1.54) is 12.0 Å². The van der Waals surface area contributed by atoms with Crippen LogP contribution in [0.1, 0.15) is 28.3 Å². The van der Waals surface area contributed by atoms with Crippen molar-refractivity contribution in [2.45, 2.75) is 19.5 Å². The molecule has 0 saturated carbocycles. The fraction of sp³-hybridized carbons (Fsp3) is 0.160. The van der Waals surface area contributed by atoms with Gasteiger partial charge < -0.3 is 14.7 Å². The minimum atomic E-state index is -0.770. The number of likely N-dealkylation sites (tertiary alicyclic amines) is 1. The number of aromatic nitrogens is 1. The minimum absolute atomic E-state index is 0.00442. The molecule has 3 aromatic rings. The second kappa shape index (κ2) is 8.85. The molecule has 162 valence electrons. The second-order valence-corrected chi connectivity index (χ2v) is 7.93. The van der Waals surface area contributed by atoms with Gasteiger partial charge >= 0.3 is 0 Å². The predicted molar refractivity (Wildman–Crippen MR) is 121 cm³/mol. The van der Waals surface area contributed by atoms with E-state index in [1.54, 1.807) is 36.7 Å². The van der Waals surface area contributed by atoms with Gasteiger partial charge in [-0.1, -0.05) is 41.9 Å². The van der Waals surface area contributed by atoms with E-state index in [9.17, 15) is 14.7 Å². The highest BCUT2D eigenvalue weighted by atomic mass is 35.5. The highest BCUT2D eigenvalue weighted by molar-refractivity contribution is 6.46. The third kappa shape index (κ3) is 3.85. The van der Waals surface area contributed by atoms with E-state index in [4.69, 9.17) is 16.3 Å². The molecule has 0 bridgehead atoms. The van der Waals surface area contributed by atoms with Crippen LogP contribution in [-0.2, 0) is 16.1 Å². The SMILES string of the molecule is COc1c(Cl)cc(C)cc1/C(O)=C1\C(=O)C(=O)N(Cc2ccncc2)C1c1ccccc1. The van der Waals surface area contributed by atoms with Gasteiger partial charge in [-0.05, 0) is 47.9 Å². The van der Waals surface area contributed by atoms with Crippen molar-refractivity contribution in [3.8, 4) is 5.75 Å². The van der Waals surface area contributed by atoms with Crippen LogP contribution in [0.15, 0.2) is 72.6 Å². The molecule has 0 aliphatic carbocycles. The number of nitrogens with zero attached hydrogens (tertiary/aromatic N) is 2. The number of hydrogen-bond donors (Lipinski definition) is 1. The van der Waals surface area contributed by atoms with E-state index >= 15 is 0 Å². The van der Waals surface area contributed by atoms with Gasteiger partial charge in [-0.3, -0.25) is 14.6 Å². The molecule has 1 aliphatic heterocycles. The maximum Gasteiger partial charge on any atom is 0.295 e. The molecule has 1 aromatic heterocycles. The Kier molecular flexibility index (Phi) is 5.97. The topological polar surface area (TPSA) is 79.7 Å². The Morgan fingerprint density at radius 1 is 1.12 bits per heavy atom. The zero-order chi connectivity index (χ0) is 22.8. The molecule has 0 radical (unpaired) electrons. The summed E-state index contributed by atoms with van der Waals surface area (Å²) in [6, 6.07) is 15.3. The monoisotopic (exact) mass is 448 g/mol. The van der Waals surface area contributed by atoms with Crippen molar-refractivity contribution in [2.24, 2.45) is 0 Å². The molecular weight excluding hydrogens is 428 g/mol. The summed E-state index contributed by atoms with van der Waals surface area (Å²) in [6.07, 6.45) is 3.26. The summed E-state index contributed by atoms with van der Waals surface area (Å²) in [5, 5.41) is 11.6. The number of halogens is 1. The molecule has 2 heterocycles. The number of rotatable bonds is 5. The van der Waals surface area contributed by atoms with Crippen LogP contribution >= 0.6 is 11.6 Å². The largest absolute Gasteiger partial charge is 0.507 e. The van der Waals surface area contributed by atoms with Gasteiger partial charge in [-0.25, -0.2) is 0 Å². The number of Topliss-reactive ketones (excluding diaryl/α,β-unsaturated/α-hetero) is 1. The van der Waals surface area contributed by atoms with Gasteiger partial charge in [0.25, 0.3) is 11.7 Å². The van der Waals surface area contributed by atoms with Crippen molar-refractivity contribution in [1.29, 1.82) is 0 Å². The number of aliphatic hydroxyl groups is 1. The van der Waals surface area contributed by atoms with Gasteiger partial charge in [0, 0.05) is 18.9 Å². The summed E-state index contributed by atoms with van der Waals surface area (Å²) >= 11 is 6.31. The predicted octanol–water partition coefficient (Wildman–Crippen LogP) is 4.67. The molecule has 6 nitrogen and oxygen atoms in total. The minimum Gasteiger partial charge on any atom is -0.507 e. The van der Waals surface area contributed by atoms with E-state index in [0.717, 1.165) is 11.1 Å². The number of aliphatic hydroxyl groups excluding tert-OH is 1. The Morgan fingerprint density at radius 3 is 2.47 bits per heavy atom. The average Bonchev–Trinajstić information content (AvgIpc) is 3.04. The van der Waals surface area contributed by atoms with Crippen LogP contribution in [0.3, 0.4) is 0 Å². The molecule has 1 aliphatic rings. The molecule has 1 atom stereocenters. The lowest BCUT2D eigenvalue weighted by atomic mass is 9.94. The molecule has 2 aromatic carbocycles. The number of hydrogen-bond acceptors (Lipinski definition) is 5. The molecular formula is C25H21ClN2O4. The van der Waals surface area contributed by atoms with E-state index in [1.807, 2.05) is 37.3 Å². The van der Waals surface area contributed by atoms with Crippen molar-refractivity contribution < 1.29 is 19.4 Å². The number of methoxy groups -OCH3 is 1. The first-order chi connectivity index (χ1) is 15.4. The fourth-order valence-electron chi connectivity index (χ4n) is 3.97. The van der Waals surface area contributed by atoms with Gasteiger partial charge in [0.05, 0.1) is 29.3 Å². The molecule has 1 amide bonds. The van der Waals surface area contributed by atoms with Crippen molar-refractivity contribution >= 4 is 29.1 Å². The molecule has 1 unspecified atom stereocenters. The van der Waals surface area contributed by atoms with Crippen molar-refractivity contribution in [3.63, 3.8) is 0 Å². The first kappa shape index (κ1) is 21.6. The lowest BCUT2D eigenvalue weighted by molar-refractivity contribution is -0.140. The standard InChI is InChI=1S/C25H21ClN2O4/c1-15-12-18(24(32-2)19(26)13-15)22(29)20-21(17-6-4-3-5-7-17)28(25(31)23(20)30)14-16-8-10-27-11-9-16/h3-13,21,29H,14H2,1-2H3/b22-20+. The lowest BCUT2D eigenvalue weighted by Crippen LogP contribution is -2.29. The van der Waals surface area contributed by atoms with Gasteiger partial charge in [-0.2, -0.15) is 0 Å². The van der Waals surface area contributed by atoms with Gasteiger partial charge in [0.15, 0.2) is 0 Å². The summed E-state index contributed by atoms with van der Waals surface area (Å²) in [5.74, 6) is -1.53. The summed E-state index contributed by atoms with van der Waals surface area (Å²) in [5.41, 5.74) is 2.56. The quantitative estimate of drug-likeness (QED) is 0.348. The molecule has 32 heavy (non-hydrogen) atoms. The third-order valence-corrected chi connectivity index (χ3v) is 5.69. The fourth-order valence-corrected chi connectivity index (χ4v) is 4.32. The lowest BCUT2D eigenvalue weighted by Gasteiger charge is -2.25. The number of amides is 1. The molecule has 1 fully saturated rings. The van der Waals surface area contributed by atoms with Crippen LogP contribution in [0.2, 0.25) is 5.02 Å². The number of carbonyl (C=O) groups is 2. The zero-order valence-electron chi connectivity index (χ0n) is 17.6. The Labute approximate surface area is 190 Å². The summed E-state index contributed by atoms with van der Waals surface area (Å²) < 4.78 is 5.39. The summed E-state index contributed by atoms with van der Waals surface area (Å²) in [4.78, 5) is 31.7. The van der Waals surface area contributed by atoms with Crippen molar-refractivity contribution in [3.05, 3.63) is 99.8 Å². The summed E-state index contributed by atoms with van der Waals surface area (Å²) in [6.45, 7) is 2.01. The number of ketones is 1. The highest BCUT2D eigenvalue weighted by Crippen LogP contribution is 2.43. The zero-order valence-corrected chi connectivity index (χ0v) is 18.3. The number of carbonyl (C=O) groups excluding carboxylic acids is 2. The van der Waals surface area contributed by atoms with Gasteiger partial charge in [-0.15, -0.1) is 0 Å². The van der Waals surface area contributed by atoms with Crippen molar-refractivity contribution in [2.75, 3.05) is 7.11 Å². The third-order valence-electron chi connectivity index (χ3n) is 5.40. The van der Waals surface area contributed by atoms with E-state index in [-0.39, 0.29) is 29.2 Å². The van der Waals surface area contributed by atoms with Gasteiger partial charge in [0.2, 0.25) is 0 Å². The van der Waals surface area contributed by atoms with Crippen LogP contribution in [0.5, 0.6) is 5.75 Å². The molecule has 1 N–H and O–H groups in total. The second-order valence-electron chi connectivity index (χ2n) is 7.52. The first-order valence-corrected chi connectivity index (χ1v) is 10.4. The molecule has 1 saturated heterocycles. The van der Waals surface area contributed by atoms with Crippen LogP contribution in [-0.4, -0.2) is 33.8 Å². The molecule has 4 rings (SSSR count). The van der Waals surface area contributed by atoms with Gasteiger partial charge in [0.1, 0.15) is 11.5 Å². The van der Waals surface area contributed by atoms with E-state index < -0.39 is 17.7 Å². The van der Waals surface area contributed by atoms with Crippen LogP contribution in [0.25, 0.3) is 5.76 Å². The van der Waals surface area contributed by atoms with E-state index in [2.05, 4.69) is 4.98 Å². The molecule has 7 heteroatoms. The van der Waals surface area contributed by atoms with Crippen LogP contribution in [0, 0.1) is 6.92 Å². The average molecular weight is 449 g/mol. The number of ether oxygens (including phenoxy) is 1.